The molecule has 2 atom stereocenters. The van der Waals surface area contributed by atoms with E-state index in [1.807, 2.05) is 6.07 Å². The number of benzene rings is 1. The maximum absolute atomic E-state index is 12.2. The Bertz CT molecular complexity index is 757. The Morgan fingerprint density at radius 3 is 1.70 bits per heavy atom. The number of ether oxygens (including phenoxy) is 2. The average Bonchev–Trinajstić information content (AvgIpc) is 3.24. The number of rotatable bonds is 3. The highest BCUT2D eigenvalue weighted by atomic mass is 16.5. The summed E-state index contributed by atoms with van der Waals surface area (Å²) in [5, 5.41) is 27.9. The van der Waals surface area contributed by atoms with Gasteiger partial charge in [0.2, 0.25) is 0 Å². The lowest BCUT2D eigenvalue weighted by atomic mass is 9.95. The van der Waals surface area contributed by atoms with Gasteiger partial charge in [-0.25, -0.2) is 0 Å². The van der Waals surface area contributed by atoms with Crippen LogP contribution < -0.4 is 0 Å². The molecule has 0 spiro atoms. The summed E-state index contributed by atoms with van der Waals surface area (Å²) in [5.74, 6) is -2.97. The number of hydrogen-bond acceptors (Lipinski definition) is 7. The van der Waals surface area contributed by atoms with Crippen molar-refractivity contribution in [1.82, 2.24) is 0 Å². The second kappa shape index (κ2) is 5.44. The highest BCUT2D eigenvalue weighted by Crippen LogP contribution is 2.74. The molecule has 0 saturated heterocycles. The number of carbonyl (C=O) groups is 2. The number of hydrogen-bond donors (Lipinski definition) is 0. The largest absolute Gasteiger partial charge is 0.468 e. The molecule has 2 rings (SSSR count). The van der Waals surface area contributed by atoms with Crippen LogP contribution in [0.1, 0.15) is 17.0 Å². The van der Waals surface area contributed by atoms with Gasteiger partial charge < -0.3 is 9.47 Å². The molecule has 7 nitrogen and oxygen atoms in total. The lowest BCUT2D eigenvalue weighted by Crippen LogP contribution is -2.29. The quantitative estimate of drug-likeness (QED) is 0.763. The lowest BCUT2D eigenvalue weighted by Gasteiger charge is -2.09. The minimum atomic E-state index is -1.97. The molecule has 23 heavy (non-hydrogen) atoms. The number of nitrogens with zero attached hydrogens (tertiary/aromatic N) is 3. The van der Waals surface area contributed by atoms with Crippen molar-refractivity contribution in [3.05, 3.63) is 35.4 Å². The fraction of sp³-hybridized carbons (Fsp3) is 0.312. The van der Waals surface area contributed by atoms with E-state index in [0.29, 0.717) is 11.1 Å². The summed E-state index contributed by atoms with van der Waals surface area (Å²) in [6, 6.07) is 11.4. The zero-order valence-electron chi connectivity index (χ0n) is 12.4. The molecule has 1 aliphatic rings. The van der Waals surface area contributed by atoms with E-state index in [4.69, 9.17) is 5.26 Å². The van der Waals surface area contributed by atoms with Gasteiger partial charge in [0, 0.05) is 5.92 Å². The molecule has 7 heteroatoms. The summed E-state index contributed by atoms with van der Waals surface area (Å²) in [5.41, 5.74) is -3.17. The van der Waals surface area contributed by atoms with Gasteiger partial charge in [-0.2, -0.15) is 15.8 Å². The van der Waals surface area contributed by atoms with Gasteiger partial charge in [0.05, 0.1) is 38.0 Å². The number of methoxy groups -OCH3 is 2. The Morgan fingerprint density at radius 2 is 1.39 bits per heavy atom. The first-order valence-corrected chi connectivity index (χ1v) is 6.49. The minimum absolute atomic E-state index is 0.371. The van der Waals surface area contributed by atoms with Crippen LogP contribution in [-0.4, -0.2) is 26.2 Å². The predicted molar refractivity (Wildman–Crippen MR) is 74.0 cm³/mol. The summed E-state index contributed by atoms with van der Waals surface area (Å²) in [6.45, 7) is 0. The Labute approximate surface area is 132 Å². The van der Waals surface area contributed by atoms with Crippen LogP contribution in [0.4, 0.5) is 0 Å². The summed E-state index contributed by atoms with van der Waals surface area (Å²) in [6.07, 6.45) is 0. The van der Waals surface area contributed by atoms with Crippen LogP contribution in [0, 0.1) is 44.8 Å². The Balaban J connectivity index is 2.66. The third kappa shape index (κ3) is 1.79. The fourth-order valence-corrected chi connectivity index (χ4v) is 3.00. The zero-order valence-corrected chi connectivity index (χ0v) is 12.4. The molecule has 0 radical (unpaired) electrons. The second-order valence-electron chi connectivity index (χ2n) is 4.99. The number of carbonyl (C=O) groups excluding carboxylic acids is 2. The molecule has 0 bridgehead atoms. The molecule has 1 aliphatic carbocycles. The molecular formula is C16H11N3O4. The first-order valence-electron chi connectivity index (χ1n) is 6.49. The molecule has 1 fully saturated rings. The van der Waals surface area contributed by atoms with Gasteiger partial charge in [-0.3, -0.25) is 9.59 Å². The van der Waals surface area contributed by atoms with Crippen LogP contribution in [0.3, 0.4) is 0 Å². The van der Waals surface area contributed by atoms with Gasteiger partial charge in [-0.15, -0.1) is 0 Å². The van der Waals surface area contributed by atoms with E-state index < -0.39 is 28.7 Å². The molecule has 0 N–H and O–H groups in total. The molecule has 114 valence electrons. The van der Waals surface area contributed by atoms with E-state index in [0.717, 1.165) is 14.2 Å². The first-order chi connectivity index (χ1) is 11.0. The highest BCUT2D eigenvalue weighted by molar-refractivity contribution is 6.02. The second-order valence-corrected chi connectivity index (χ2v) is 4.99. The molecular weight excluding hydrogens is 298 g/mol. The predicted octanol–water partition coefficient (Wildman–Crippen LogP) is 1.02. The van der Waals surface area contributed by atoms with Crippen molar-refractivity contribution in [2.24, 2.45) is 10.8 Å². The Kier molecular flexibility index (Phi) is 3.79. The van der Waals surface area contributed by atoms with E-state index in [9.17, 15) is 20.1 Å². The summed E-state index contributed by atoms with van der Waals surface area (Å²) in [7, 11) is 2.16. The minimum Gasteiger partial charge on any atom is -0.468 e. The molecule has 1 aromatic carbocycles. The molecule has 2 unspecified atom stereocenters. The third-order valence-corrected chi connectivity index (χ3v) is 4.15. The normalized spacial score (nSPS) is 27.7. The van der Waals surface area contributed by atoms with Gasteiger partial charge in [-0.1, -0.05) is 12.1 Å². The van der Waals surface area contributed by atoms with Gasteiger partial charge in [0.15, 0.2) is 10.8 Å². The Morgan fingerprint density at radius 1 is 0.957 bits per heavy atom. The maximum Gasteiger partial charge on any atom is 0.329 e. The van der Waals surface area contributed by atoms with Crippen LogP contribution in [0.25, 0.3) is 0 Å². The molecule has 0 aliphatic heterocycles. The van der Waals surface area contributed by atoms with Crippen molar-refractivity contribution in [3.63, 3.8) is 0 Å². The molecule has 0 aromatic heterocycles. The van der Waals surface area contributed by atoms with E-state index in [1.54, 1.807) is 12.1 Å². The van der Waals surface area contributed by atoms with Crippen molar-refractivity contribution in [2.75, 3.05) is 14.2 Å². The Hall–Kier alpha value is -3.37. The van der Waals surface area contributed by atoms with Crippen LogP contribution in [-0.2, 0) is 19.1 Å². The monoisotopic (exact) mass is 309 g/mol. The van der Waals surface area contributed by atoms with Crippen molar-refractivity contribution < 1.29 is 19.1 Å². The van der Waals surface area contributed by atoms with E-state index in [2.05, 4.69) is 9.47 Å². The molecule has 0 heterocycles. The van der Waals surface area contributed by atoms with Crippen LogP contribution >= 0.6 is 0 Å². The highest BCUT2D eigenvalue weighted by Gasteiger charge is 2.88. The van der Waals surface area contributed by atoms with E-state index in [-0.39, 0.29) is 0 Å². The summed E-state index contributed by atoms with van der Waals surface area (Å²) < 4.78 is 9.29. The third-order valence-electron chi connectivity index (χ3n) is 4.15. The van der Waals surface area contributed by atoms with Crippen molar-refractivity contribution in [2.45, 2.75) is 5.92 Å². The van der Waals surface area contributed by atoms with Crippen molar-refractivity contribution in [1.29, 1.82) is 15.8 Å². The van der Waals surface area contributed by atoms with Crippen LogP contribution in [0.2, 0.25) is 0 Å². The fourth-order valence-electron chi connectivity index (χ4n) is 3.00. The standard InChI is InChI=1S/C16H11N3O4/c1-22-13(20)15(8-18)12(16(15,9-19)14(21)23-2)11-5-3-10(7-17)4-6-11/h3-6,12H,1-2H3. The molecule has 1 saturated carbocycles. The number of esters is 2. The average molecular weight is 309 g/mol. The molecule has 1 aromatic rings. The first kappa shape index (κ1) is 16.0. The van der Waals surface area contributed by atoms with Gasteiger partial charge >= 0.3 is 11.9 Å². The topological polar surface area (TPSA) is 124 Å². The van der Waals surface area contributed by atoms with Gasteiger partial charge in [0.1, 0.15) is 0 Å². The van der Waals surface area contributed by atoms with Gasteiger partial charge in [0.25, 0.3) is 0 Å². The van der Waals surface area contributed by atoms with Crippen LogP contribution in [0.15, 0.2) is 24.3 Å². The van der Waals surface area contributed by atoms with Gasteiger partial charge in [-0.05, 0) is 17.7 Å². The maximum atomic E-state index is 12.2. The SMILES string of the molecule is COC(=O)C1(C#N)C(c2ccc(C#N)cc2)C1(C#N)C(=O)OC. The molecule has 0 amide bonds. The van der Waals surface area contributed by atoms with E-state index >= 15 is 0 Å². The zero-order chi connectivity index (χ0) is 17.3. The number of nitriles is 3. The summed E-state index contributed by atoms with van der Waals surface area (Å²) in [4.78, 5) is 24.3. The van der Waals surface area contributed by atoms with Crippen LogP contribution in [0.5, 0.6) is 0 Å². The van der Waals surface area contributed by atoms with Crippen molar-refractivity contribution >= 4 is 11.9 Å². The van der Waals surface area contributed by atoms with Crippen molar-refractivity contribution in [3.8, 4) is 18.2 Å². The summed E-state index contributed by atoms with van der Waals surface area (Å²) >= 11 is 0. The smallest absolute Gasteiger partial charge is 0.329 e. The lowest BCUT2D eigenvalue weighted by molar-refractivity contribution is -0.153. The van der Waals surface area contributed by atoms with E-state index in [1.165, 1.54) is 24.3 Å².